The van der Waals surface area contributed by atoms with Crippen molar-refractivity contribution in [1.29, 1.82) is 0 Å². The van der Waals surface area contributed by atoms with Crippen molar-refractivity contribution in [2.75, 3.05) is 23.6 Å². The van der Waals surface area contributed by atoms with E-state index in [4.69, 9.17) is 16.4 Å². The Morgan fingerprint density at radius 2 is 2.28 bits per heavy atom. The molecule has 0 fully saturated rings. The summed E-state index contributed by atoms with van der Waals surface area (Å²) in [7, 11) is -1.16. The van der Waals surface area contributed by atoms with E-state index in [0.717, 1.165) is 5.69 Å². The van der Waals surface area contributed by atoms with Crippen molar-refractivity contribution < 1.29 is 13.8 Å². The van der Waals surface area contributed by atoms with Gasteiger partial charge in [0.2, 0.25) is 0 Å². The lowest BCUT2D eigenvalue weighted by Gasteiger charge is -2.18. The Morgan fingerprint density at radius 3 is 2.88 bits per heavy atom. The molecule has 2 rings (SSSR count). The highest BCUT2D eigenvalue weighted by molar-refractivity contribution is 7.84. The molecule has 0 aliphatic heterocycles. The second kappa shape index (κ2) is 8.72. The number of rotatable bonds is 7. The van der Waals surface area contributed by atoms with Crippen LogP contribution in [0, 0.1) is 0 Å². The maximum atomic E-state index is 12.6. The van der Waals surface area contributed by atoms with Crippen molar-refractivity contribution in [2.45, 2.75) is 13.8 Å². The molecule has 0 N–H and O–H groups in total. The van der Waals surface area contributed by atoms with Gasteiger partial charge >= 0.3 is 0 Å². The monoisotopic (exact) mass is 383 g/mol. The van der Waals surface area contributed by atoms with Gasteiger partial charge in [0.25, 0.3) is 5.91 Å². The summed E-state index contributed by atoms with van der Waals surface area (Å²) >= 11 is 6.21. The van der Waals surface area contributed by atoms with Gasteiger partial charge in [-0.15, -0.1) is 0 Å². The molecule has 0 saturated heterocycles. The summed E-state index contributed by atoms with van der Waals surface area (Å²) in [4.78, 5) is 22.9. The maximum absolute atomic E-state index is 12.6. The molecule has 2 aromatic heterocycles. The highest BCUT2D eigenvalue weighted by Crippen LogP contribution is 2.26. The van der Waals surface area contributed by atoms with E-state index in [9.17, 15) is 9.00 Å². The SMILES string of the molecule is CCN(C(=O)/C(C)=N/OCS(C)=O)c1cn(-c2cccnc2)nc1Cl. The molecular formula is C15H18ClN5O3S. The Hall–Kier alpha value is -2.26. The lowest BCUT2D eigenvalue weighted by Crippen LogP contribution is -2.35. The van der Waals surface area contributed by atoms with Gasteiger partial charge < -0.3 is 9.74 Å². The zero-order valence-electron chi connectivity index (χ0n) is 14.0. The van der Waals surface area contributed by atoms with Gasteiger partial charge in [-0.2, -0.15) is 5.10 Å². The van der Waals surface area contributed by atoms with Gasteiger partial charge in [0, 0.05) is 19.0 Å². The summed E-state index contributed by atoms with van der Waals surface area (Å²) in [6.07, 6.45) is 6.42. The van der Waals surface area contributed by atoms with E-state index >= 15 is 0 Å². The van der Waals surface area contributed by atoms with Gasteiger partial charge in [-0.25, -0.2) is 4.68 Å². The number of hydrogen-bond donors (Lipinski definition) is 0. The molecule has 0 saturated carbocycles. The molecule has 0 aliphatic carbocycles. The number of oxime groups is 1. The van der Waals surface area contributed by atoms with Crippen LogP contribution in [0.2, 0.25) is 5.15 Å². The third-order valence-electron chi connectivity index (χ3n) is 3.14. The van der Waals surface area contributed by atoms with Crippen molar-refractivity contribution in [3.63, 3.8) is 0 Å². The Labute approximate surface area is 152 Å². The summed E-state index contributed by atoms with van der Waals surface area (Å²) in [5.41, 5.74) is 1.29. The third-order valence-corrected chi connectivity index (χ3v) is 3.85. The highest BCUT2D eigenvalue weighted by atomic mass is 35.5. The van der Waals surface area contributed by atoms with Crippen molar-refractivity contribution in [1.82, 2.24) is 14.8 Å². The van der Waals surface area contributed by atoms with E-state index in [-0.39, 0.29) is 22.7 Å². The molecule has 25 heavy (non-hydrogen) atoms. The molecular weight excluding hydrogens is 366 g/mol. The Kier molecular flexibility index (Phi) is 6.65. The van der Waals surface area contributed by atoms with Crippen molar-refractivity contribution >= 4 is 39.7 Å². The normalized spacial score (nSPS) is 12.7. The Balaban J connectivity index is 2.24. The predicted molar refractivity (Wildman–Crippen MR) is 97.5 cm³/mol. The molecule has 2 heterocycles. The van der Waals surface area contributed by atoms with Crippen molar-refractivity contribution in [3.05, 3.63) is 35.9 Å². The van der Waals surface area contributed by atoms with Crippen LogP contribution in [0.3, 0.4) is 0 Å². The van der Waals surface area contributed by atoms with E-state index in [1.54, 1.807) is 29.3 Å². The minimum atomic E-state index is -1.16. The number of nitrogens with zero attached hydrogens (tertiary/aromatic N) is 5. The van der Waals surface area contributed by atoms with Crippen molar-refractivity contribution in [3.8, 4) is 5.69 Å². The number of carbonyl (C=O) groups excluding carboxylic acids is 1. The molecule has 0 aromatic carbocycles. The Bertz CT molecular complexity index is 794. The van der Waals surface area contributed by atoms with Crippen LogP contribution in [0.25, 0.3) is 5.69 Å². The minimum absolute atomic E-state index is 0.0730. The molecule has 1 unspecified atom stereocenters. The molecule has 0 bridgehead atoms. The van der Waals surface area contributed by atoms with Crippen LogP contribution in [0.1, 0.15) is 13.8 Å². The first-order valence-electron chi connectivity index (χ1n) is 7.38. The molecule has 2 aromatic rings. The summed E-state index contributed by atoms with van der Waals surface area (Å²) in [6, 6.07) is 3.60. The maximum Gasteiger partial charge on any atom is 0.275 e. The fraction of sp³-hybridized carbons (Fsp3) is 0.333. The fourth-order valence-corrected chi connectivity index (χ4v) is 2.43. The van der Waals surface area contributed by atoms with Crippen LogP contribution >= 0.6 is 11.6 Å². The summed E-state index contributed by atoms with van der Waals surface area (Å²) in [6.45, 7) is 3.69. The van der Waals surface area contributed by atoms with E-state index in [0.29, 0.717) is 12.2 Å². The quantitative estimate of drug-likeness (QED) is 0.538. The van der Waals surface area contributed by atoms with Gasteiger partial charge in [-0.3, -0.25) is 14.0 Å². The number of anilines is 1. The second-order valence-corrected chi connectivity index (χ2v) is 6.75. The summed E-state index contributed by atoms with van der Waals surface area (Å²) in [5.74, 6) is -0.451. The van der Waals surface area contributed by atoms with Crippen LogP contribution < -0.4 is 4.90 Å². The Morgan fingerprint density at radius 1 is 1.52 bits per heavy atom. The van der Waals surface area contributed by atoms with Crippen LogP contribution in [-0.2, 0) is 20.4 Å². The average molecular weight is 384 g/mol. The lowest BCUT2D eigenvalue weighted by atomic mass is 10.3. The molecule has 0 radical (unpaired) electrons. The smallest absolute Gasteiger partial charge is 0.275 e. The first-order valence-corrected chi connectivity index (χ1v) is 9.48. The standard InChI is InChI=1S/C15H18ClN5O3S/c1-4-20(15(22)11(2)19-24-10-25(3)23)13-9-21(18-14(13)16)12-6-5-7-17-8-12/h5-9H,4,10H2,1-3H3/b19-11+. The molecule has 8 nitrogen and oxygen atoms in total. The van der Waals surface area contributed by atoms with E-state index < -0.39 is 10.8 Å². The van der Waals surface area contributed by atoms with Gasteiger partial charge in [0.05, 0.1) is 28.9 Å². The molecule has 10 heteroatoms. The number of pyridine rings is 1. The van der Waals surface area contributed by atoms with E-state index in [1.165, 1.54) is 18.1 Å². The predicted octanol–water partition coefficient (Wildman–Crippen LogP) is 2.00. The zero-order chi connectivity index (χ0) is 18.4. The number of hydrogen-bond acceptors (Lipinski definition) is 6. The molecule has 0 aliphatic rings. The van der Waals surface area contributed by atoms with E-state index in [1.807, 2.05) is 13.0 Å². The summed E-state index contributed by atoms with van der Waals surface area (Å²) < 4.78 is 12.5. The first-order chi connectivity index (χ1) is 11.9. The third kappa shape index (κ3) is 4.86. The lowest BCUT2D eigenvalue weighted by molar-refractivity contribution is -0.112. The topological polar surface area (TPSA) is 89.7 Å². The molecule has 1 amide bonds. The number of halogens is 1. The van der Waals surface area contributed by atoms with Crippen LogP contribution in [0.15, 0.2) is 35.9 Å². The fourth-order valence-electron chi connectivity index (χ4n) is 2.00. The number of aromatic nitrogens is 3. The zero-order valence-corrected chi connectivity index (χ0v) is 15.6. The number of amides is 1. The van der Waals surface area contributed by atoms with Gasteiger partial charge in [0.1, 0.15) is 11.4 Å². The first kappa shape index (κ1) is 19.1. The second-order valence-electron chi connectivity index (χ2n) is 5.01. The summed E-state index contributed by atoms with van der Waals surface area (Å²) in [5, 5.41) is 8.10. The van der Waals surface area contributed by atoms with Crippen LogP contribution in [0.5, 0.6) is 0 Å². The molecule has 1 atom stereocenters. The molecule has 134 valence electrons. The largest absolute Gasteiger partial charge is 0.382 e. The van der Waals surface area contributed by atoms with Gasteiger partial charge in [-0.1, -0.05) is 16.8 Å². The number of carbonyl (C=O) groups is 1. The minimum Gasteiger partial charge on any atom is -0.382 e. The van der Waals surface area contributed by atoms with Crippen LogP contribution in [-0.4, -0.2) is 49.3 Å². The van der Waals surface area contributed by atoms with E-state index in [2.05, 4.69) is 15.2 Å². The van der Waals surface area contributed by atoms with Gasteiger partial charge in [-0.05, 0) is 26.0 Å². The van der Waals surface area contributed by atoms with Crippen molar-refractivity contribution in [2.24, 2.45) is 5.16 Å². The highest BCUT2D eigenvalue weighted by Gasteiger charge is 2.22. The average Bonchev–Trinajstić information content (AvgIpc) is 2.97. The molecule has 0 spiro atoms. The van der Waals surface area contributed by atoms with Gasteiger partial charge in [0.15, 0.2) is 11.1 Å². The van der Waals surface area contributed by atoms with Crippen LogP contribution in [0.4, 0.5) is 5.69 Å².